The average molecular weight is 1650 g/mol. The van der Waals surface area contributed by atoms with Crippen molar-refractivity contribution in [3.05, 3.63) is 90.0 Å². The number of amides is 1. The van der Waals surface area contributed by atoms with Gasteiger partial charge in [-0.25, -0.2) is 0 Å². The van der Waals surface area contributed by atoms with Crippen LogP contribution in [0, 0.1) is 158 Å². The molecule has 4 bridgehead atoms. The van der Waals surface area contributed by atoms with Crippen molar-refractivity contribution in [3.63, 3.8) is 0 Å². The van der Waals surface area contributed by atoms with Crippen LogP contribution in [0.3, 0.4) is 0 Å². The summed E-state index contributed by atoms with van der Waals surface area (Å²) in [5.41, 5.74) is 18.8. The molecule has 8 aliphatic rings. The number of nitrogens with one attached hydrogen (secondary N) is 1. The number of hydrogen-bond donors (Lipinski definition) is 6. The molecule has 8 heterocycles. The minimum Gasteiger partial charge on any atom is -0.507 e. The summed E-state index contributed by atoms with van der Waals surface area (Å²) in [5.74, 6) is 3.23. The molecule has 2 fully saturated rings. The summed E-state index contributed by atoms with van der Waals surface area (Å²) in [4.78, 5) is 22.7. The SMILES string of the molecule is CCCCCCCCCCCCCCCC(C)C(=O)NC[C@H]1c2c(c(O)c(C)c3c2OCO3)CC2[C@H]3c4c(cc(C)c(C)c4O)C[C@@H]([C@H](C#N)N21)N3C.Cc1cc2c(c(O)c1C)[C@@H]1C3Cc4c(O)c(C)c5c(c4[C@H](CN)N3[C@@H](C#N)[C@H](C2)N1C)OCO5.[Ac].[Ac]. The molecule has 2 saturated heterocycles. The Morgan fingerprint density at radius 2 is 0.966 bits per heavy atom. The number of phenolic OH excluding ortho intramolecular Hbond substituents is 4. The number of carbonyl (C=O) groups excluding carboxylic acids is 1. The van der Waals surface area contributed by atoms with Gasteiger partial charge in [-0.3, -0.25) is 24.4 Å². The van der Waals surface area contributed by atoms with Crippen LogP contribution in [-0.2, 0) is 30.5 Å². The van der Waals surface area contributed by atoms with E-state index < -0.39 is 18.1 Å². The van der Waals surface area contributed by atoms with Crippen molar-refractivity contribution in [3.8, 4) is 58.1 Å². The van der Waals surface area contributed by atoms with E-state index in [0.717, 1.165) is 86.0 Å². The van der Waals surface area contributed by atoms with E-state index in [4.69, 9.17) is 24.7 Å². The van der Waals surface area contributed by atoms with Crippen LogP contribution in [0.2, 0.25) is 0 Å². The summed E-state index contributed by atoms with van der Waals surface area (Å²) in [7, 11) is 4.11. The van der Waals surface area contributed by atoms with Crippen molar-refractivity contribution in [1.82, 2.24) is 24.9 Å². The third-order valence-corrected chi connectivity index (χ3v) is 21.8. The van der Waals surface area contributed by atoms with E-state index in [0.29, 0.717) is 71.3 Å². The Morgan fingerprint density at radius 1 is 0.573 bits per heavy atom. The van der Waals surface area contributed by atoms with E-state index in [1.54, 1.807) is 0 Å². The molecule has 0 aliphatic carbocycles. The molecule has 17 nitrogen and oxygen atoms in total. The van der Waals surface area contributed by atoms with Gasteiger partial charge in [0, 0.05) is 176 Å². The standard InChI is InChI=1S/C44H64N4O5.C26H30N4O4.2Ac/c1-7-8-9-10-11-12-13-14-15-16-17-18-19-20-27(2)44(51)46-25-36-38-32(40(49)30(5)42-43(38)53-26-52-42)23-34-39-37-31(21-28(3)29(4)41(37)50)22-33(47(39)6)35(24-45)48(34)36;1-11-5-14-6-16-18(8-27)30-17(22(29(16)4)20(14)24(32)12(11)2)7-15-21(19(30)9-28)26-25(33-10-34-26)13(3)23(15)31;;/h21,27,33-36,39,49-50H,7-20,22-23,25-26H2,1-6H3,(H,46,51);5,16-19,22,31-32H,6-7,9-10,28H2,1-4H3;;/t27?,33-,34?,35-,36-,39-;16-,17?,18-,19-,22-;;/m00../s1. The average Bonchev–Trinajstić information content (AvgIpc) is 1.21. The monoisotopic (exact) mass is 1640 g/mol. The Bertz CT molecular complexity index is 3390. The number of piperazine rings is 2. The molecule has 8 aliphatic heterocycles. The summed E-state index contributed by atoms with van der Waals surface area (Å²) in [6.07, 6.45) is 20.0. The third kappa shape index (κ3) is 12.5. The number of likely N-dealkylation sites (N-methyl/N-ethyl adjacent to an activating group) is 2. The molecule has 0 aromatic heterocycles. The van der Waals surface area contributed by atoms with E-state index in [2.05, 4.69) is 63.2 Å². The van der Waals surface area contributed by atoms with Crippen LogP contribution in [-0.4, -0.2) is 123 Å². The van der Waals surface area contributed by atoms with Gasteiger partial charge in [0.2, 0.25) is 19.5 Å². The largest absolute Gasteiger partial charge is 0.507 e. The third-order valence-electron chi connectivity index (χ3n) is 21.8. The minimum absolute atomic E-state index is 0. The molecule has 474 valence electrons. The molecule has 3 unspecified atom stereocenters. The zero-order valence-corrected chi connectivity index (χ0v) is 63.8. The van der Waals surface area contributed by atoms with Crippen molar-refractivity contribution >= 4 is 5.91 Å². The van der Waals surface area contributed by atoms with Gasteiger partial charge in [-0.1, -0.05) is 109 Å². The van der Waals surface area contributed by atoms with E-state index in [1.165, 1.54) is 70.6 Å². The van der Waals surface area contributed by atoms with Crippen LogP contribution in [0.5, 0.6) is 46.0 Å². The first kappa shape index (κ1) is 69.7. The molecule has 11 atom stereocenters. The number of hydrogen-bond acceptors (Lipinski definition) is 16. The molecule has 1 amide bonds. The maximum Gasteiger partial charge on any atom is 0.231 e. The molecule has 7 N–H and O–H groups in total. The van der Waals surface area contributed by atoms with Gasteiger partial charge in [-0.05, 0) is 121 Å². The maximum atomic E-state index is 13.7. The topological polar surface area (TPSA) is 233 Å². The van der Waals surface area contributed by atoms with Crippen molar-refractivity contribution in [1.29, 1.82) is 10.5 Å². The predicted molar refractivity (Wildman–Crippen MR) is 334 cm³/mol. The molecule has 4 aromatic carbocycles. The number of fused-ring (bicyclic) bond motifs is 18. The number of nitriles is 2. The second-order valence-electron chi connectivity index (χ2n) is 26.6. The van der Waals surface area contributed by atoms with Crippen LogP contribution in [0.25, 0.3) is 0 Å². The number of nitrogens with two attached hydrogens (primary N) is 1. The molecular formula is C70H94Ac2N8O9. The number of rotatable bonds is 18. The van der Waals surface area contributed by atoms with E-state index in [9.17, 15) is 35.7 Å². The Hall–Kier alpha value is -3.59. The fourth-order valence-electron chi connectivity index (χ4n) is 16.8. The van der Waals surface area contributed by atoms with Gasteiger partial charge >= 0.3 is 0 Å². The van der Waals surface area contributed by atoms with Crippen molar-refractivity contribution < 1.29 is 132 Å². The van der Waals surface area contributed by atoms with Crippen LogP contribution < -0.4 is 30.0 Å². The van der Waals surface area contributed by atoms with Gasteiger partial charge in [0.25, 0.3) is 0 Å². The molecule has 89 heavy (non-hydrogen) atoms. The smallest absolute Gasteiger partial charge is 0.231 e. The second kappa shape index (κ2) is 29.4. The first-order chi connectivity index (χ1) is 41.9. The summed E-state index contributed by atoms with van der Waals surface area (Å²) in [6.45, 7) is 16.6. The summed E-state index contributed by atoms with van der Waals surface area (Å²) in [6, 6.07) is 7.07. The zero-order chi connectivity index (χ0) is 61.9. The Balaban J connectivity index is 0.000000225. The first-order valence-electron chi connectivity index (χ1n) is 32.6. The van der Waals surface area contributed by atoms with Gasteiger partial charge in [0.1, 0.15) is 35.1 Å². The molecular weight excluding hydrogens is 1550 g/mol. The zero-order valence-electron chi connectivity index (χ0n) is 54.3. The van der Waals surface area contributed by atoms with Gasteiger partial charge < -0.3 is 50.4 Å². The summed E-state index contributed by atoms with van der Waals surface area (Å²) >= 11 is 0. The Kier molecular flexibility index (Phi) is 23.0. The Morgan fingerprint density at radius 3 is 1.38 bits per heavy atom. The molecule has 12 rings (SSSR count). The second-order valence-corrected chi connectivity index (χ2v) is 26.6. The van der Waals surface area contributed by atoms with E-state index >= 15 is 0 Å². The van der Waals surface area contributed by atoms with Crippen molar-refractivity contribution in [2.75, 3.05) is 40.8 Å². The number of aryl methyl sites for hydroxylation is 2. The van der Waals surface area contributed by atoms with Gasteiger partial charge in [0.05, 0.1) is 36.3 Å². The first-order valence-corrected chi connectivity index (χ1v) is 32.6. The van der Waals surface area contributed by atoms with Crippen molar-refractivity contribution in [2.24, 2.45) is 11.7 Å². The normalized spacial score (nSPS) is 25.2. The van der Waals surface area contributed by atoms with Crippen LogP contribution >= 0.6 is 0 Å². The molecule has 19 heteroatoms. The number of aromatic hydroxyl groups is 4. The fraction of sp³-hybridized carbons (Fsp3) is 0.614. The molecule has 0 saturated carbocycles. The Labute approximate surface area is 599 Å². The molecule has 0 spiro atoms. The summed E-state index contributed by atoms with van der Waals surface area (Å²) in [5, 5.41) is 70.4. The number of ether oxygens (including phenoxy) is 4. The number of nitrogens with zero attached hydrogens (tertiary/aromatic N) is 6. The summed E-state index contributed by atoms with van der Waals surface area (Å²) < 4.78 is 23.6. The van der Waals surface area contributed by atoms with Gasteiger partial charge in [-0.15, -0.1) is 0 Å². The minimum atomic E-state index is -0.488. The van der Waals surface area contributed by atoms with E-state index in [1.807, 2.05) is 55.5 Å². The quantitative estimate of drug-likeness (QED) is 0.0508. The van der Waals surface area contributed by atoms with Gasteiger partial charge in [-0.2, -0.15) is 10.5 Å². The van der Waals surface area contributed by atoms with Crippen LogP contribution in [0.4, 0.5) is 0 Å². The maximum absolute atomic E-state index is 13.7. The number of benzene rings is 4. The number of phenols is 4. The number of carbonyl (C=O) groups is 1. The van der Waals surface area contributed by atoms with E-state index in [-0.39, 0.29) is 180 Å². The van der Waals surface area contributed by atoms with Crippen LogP contribution in [0.1, 0.15) is 206 Å². The molecule has 2 radical (unpaired) electrons. The van der Waals surface area contributed by atoms with Gasteiger partial charge in [0.15, 0.2) is 23.0 Å². The molecule has 4 aromatic rings. The predicted octanol–water partition coefficient (Wildman–Crippen LogP) is 11.2. The fourth-order valence-corrected chi connectivity index (χ4v) is 16.8. The van der Waals surface area contributed by atoms with Crippen LogP contribution in [0.15, 0.2) is 12.1 Å². The number of unbranched alkanes of at least 4 members (excludes halogenated alkanes) is 12. The van der Waals surface area contributed by atoms with Crippen molar-refractivity contribution in [2.45, 2.75) is 231 Å².